The number of rotatable bonds is 3. The van der Waals surface area contributed by atoms with Crippen LogP contribution in [0.25, 0.3) is 0 Å². The lowest BCUT2D eigenvalue weighted by molar-refractivity contribution is 0.357. The van der Waals surface area contributed by atoms with E-state index in [0.717, 1.165) is 0 Å². The first kappa shape index (κ1) is 15.7. The fraction of sp³-hybridized carbons (Fsp3) is 0. The van der Waals surface area contributed by atoms with Gasteiger partial charge in [0, 0.05) is 0 Å². The van der Waals surface area contributed by atoms with E-state index < -0.39 is 54.4 Å². The predicted octanol–water partition coefficient (Wildman–Crippen LogP) is 0.875. The third-order valence-electron chi connectivity index (χ3n) is 1.65. The summed E-state index contributed by atoms with van der Waals surface area (Å²) in [5.74, 6) is -13.6. The minimum atomic E-state index is -6.01. The van der Waals surface area contributed by atoms with E-state index >= 15 is 0 Å². The molecular formula is C6HF6NO4S2. The highest BCUT2D eigenvalue weighted by molar-refractivity contribution is 8.02. The smallest absolute Gasteiger partial charge is 0.206 e. The highest BCUT2D eigenvalue weighted by Gasteiger charge is 2.35. The summed E-state index contributed by atoms with van der Waals surface area (Å²) in [7, 11) is -11.9. The first-order valence-electron chi connectivity index (χ1n) is 3.88. The maximum absolute atomic E-state index is 13.0. The zero-order chi connectivity index (χ0) is 15.2. The molecule has 0 aliphatic heterocycles. The van der Waals surface area contributed by atoms with Crippen LogP contribution >= 0.6 is 0 Å². The number of halogens is 6. The average molecular weight is 329 g/mol. The Balaban J connectivity index is 3.71. The molecule has 0 heterocycles. The number of benzene rings is 1. The van der Waals surface area contributed by atoms with Crippen molar-refractivity contribution in [2.75, 3.05) is 0 Å². The van der Waals surface area contributed by atoms with Crippen LogP contribution in [0.1, 0.15) is 0 Å². The molecule has 1 aromatic rings. The fourth-order valence-electron chi connectivity index (χ4n) is 0.993. The summed E-state index contributed by atoms with van der Waals surface area (Å²) in [5, 5.41) is 0. The Hall–Kier alpha value is -1.34. The first-order valence-corrected chi connectivity index (χ1v) is 6.74. The van der Waals surface area contributed by atoms with Gasteiger partial charge in [0.2, 0.25) is 5.82 Å². The van der Waals surface area contributed by atoms with Crippen LogP contribution in [0.5, 0.6) is 0 Å². The third-order valence-corrected chi connectivity index (χ3v) is 4.22. The van der Waals surface area contributed by atoms with E-state index in [4.69, 9.17) is 0 Å². The Labute approximate surface area is 102 Å². The first-order chi connectivity index (χ1) is 8.38. The molecule has 1 aromatic carbocycles. The molecule has 0 saturated heterocycles. The molecule has 0 saturated carbocycles. The van der Waals surface area contributed by atoms with Gasteiger partial charge in [0.1, 0.15) is 0 Å². The van der Waals surface area contributed by atoms with Crippen LogP contribution in [0.4, 0.5) is 25.8 Å². The normalized spacial score (nSPS) is 12.7. The topological polar surface area (TPSA) is 80.3 Å². The van der Waals surface area contributed by atoms with Crippen molar-refractivity contribution in [3.05, 3.63) is 29.1 Å². The van der Waals surface area contributed by atoms with Gasteiger partial charge in [-0.1, -0.05) is 8.01 Å². The van der Waals surface area contributed by atoms with Gasteiger partial charge >= 0.3 is 10.4 Å². The predicted molar refractivity (Wildman–Crippen MR) is 46.6 cm³/mol. The van der Waals surface area contributed by atoms with Crippen molar-refractivity contribution in [1.82, 2.24) is 4.13 Å². The van der Waals surface area contributed by atoms with Gasteiger partial charge in [0.15, 0.2) is 28.2 Å². The average Bonchev–Trinajstić information content (AvgIpc) is 2.20. The highest BCUT2D eigenvalue weighted by atomic mass is 32.3. The van der Waals surface area contributed by atoms with Gasteiger partial charge in [-0.05, 0) is 0 Å². The zero-order valence-corrected chi connectivity index (χ0v) is 9.85. The summed E-state index contributed by atoms with van der Waals surface area (Å²) >= 11 is 0. The molecule has 0 bridgehead atoms. The molecular weight excluding hydrogens is 328 g/mol. The van der Waals surface area contributed by atoms with Gasteiger partial charge in [-0.3, -0.25) is 0 Å². The van der Waals surface area contributed by atoms with Crippen molar-refractivity contribution >= 4 is 20.4 Å². The Morgan fingerprint density at radius 3 is 1.32 bits per heavy atom. The van der Waals surface area contributed by atoms with E-state index in [-0.39, 0.29) is 4.13 Å². The van der Waals surface area contributed by atoms with Crippen molar-refractivity contribution in [3.63, 3.8) is 0 Å². The quantitative estimate of drug-likeness (QED) is 0.386. The maximum Gasteiger partial charge on any atom is 0.385 e. The molecule has 1 rings (SSSR count). The zero-order valence-electron chi connectivity index (χ0n) is 8.22. The lowest BCUT2D eigenvalue weighted by Crippen LogP contribution is -2.30. The molecule has 0 unspecified atom stereocenters. The van der Waals surface area contributed by atoms with Crippen LogP contribution in [-0.2, 0) is 20.4 Å². The summed E-state index contributed by atoms with van der Waals surface area (Å²) in [5.41, 5.74) is 0. The SMILES string of the molecule is O=S(=O)(F)NS(=O)(=O)c1c(F)c(F)c(F)c(F)c1F. The van der Waals surface area contributed by atoms with Crippen molar-refractivity contribution in [1.29, 1.82) is 0 Å². The molecule has 5 nitrogen and oxygen atoms in total. The van der Waals surface area contributed by atoms with Gasteiger partial charge in [-0.15, -0.1) is 0 Å². The lowest BCUT2D eigenvalue weighted by atomic mass is 10.3. The van der Waals surface area contributed by atoms with Crippen molar-refractivity contribution in [3.8, 4) is 0 Å². The summed E-state index contributed by atoms with van der Waals surface area (Å²) in [6, 6.07) is 0. The van der Waals surface area contributed by atoms with E-state index in [9.17, 15) is 42.7 Å². The summed E-state index contributed by atoms with van der Waals surface area (Å²) in [6.45, 7) is 0. The number of hydrogen-bond donors (Lipinski definition) is 1. The van der Waals surface area contributed by atoms with Crippen LogP contribution in [0.3, 0.4) is 0 Å². The molecule has 0 amide bonds. The van der Waals surface area contributed by atoms with Crippen molar-refractivity contribution in [2.24, 2.45) is 0 Å². The van der Waals surface area contributed by atoms with E-state index in [2.05, 4.69) is 0 Å². The van der Waals surface area contributed by atoms with E-state index in [1.165, 1.54) is 0 Å². The molecule has 0 aliphatic rings. The van der Waals surface area contributed by atoms with Gasteiger partial charge < -0.3 is 0 Å². The second-order valence-electron chi connectivity index (χ2n) is 2.92. The van der Waals surface area contributed by atoms with Crippen molar-refractivity contribution in [2.45, 2.75) is 4.90 Å². The number of hydrogen-bond acceptors (Lipinski definition) is 4. The summed E-state index contributed by atoms with van der Waals surface area (Å²) < 4.78 is 118. The van der Waals surface area contributed by atoms with Gasteiger partial charge in [0.05, 0.1) is 0 Å². The Kier molecular flexibility index (Phi) is 3.84. The van der Waals surface area contributed by atoms with Crippen LogP contribution in [0, 0.1) is 29.1 Å². The van der Waals surface area contributed by atoms with E-state index in [1.54, 1.807) is 0 Å². The van der Waals surface area contributed by atoms with Gasteiger partial charge in [-0.25, -0.2) is 30.4 Å². The van der Waals surface area contributed by atoms with E-state index in [1.807, 2.05) is 0 Å². The maximum atomic E-state index is 13.0. The molecule has 19 heavy (non-hydrogen) atoms. The van der Waals surface area contributed by atoms with Crippen LogP contribution in [0.15, 0.2) is 4.90 Å². The number of nitrogens with one attached hydrogen (secondary N) is 1. The minimum Gasteiger partial charge on any atom is -0.206 e. The molecule has 1 N–H and O–H groups in total. The molecule has 0 aliphatic carbocycles. The van der Waals surface area contributed by atoms with Crippen LogP contribution < -0.4 is 4.13 Å². The largest absolute Gasteiger partial charge is 0.385 e. The van der Waals surface area contributed by atoms with Crippen LogP contribution in [-0.4, -0.2) is 16.8 Å². The molecule has 0 fully saturated rings. The minimum absolute atomic E-state index is 0.109. The standard InChI is InChI=1S/C6HF6NO4S2/c7-1-2(8)4(10)6(5(11)3(1)9)18(14,15)13-19(12,16)17/h13H. The summed E-state index contributed by atoms with van der Waals surface area (Å²) in [6.07, 6.45) is 0. The Bertz CT molecular complexity index is 714. The Morgan fingerprint density at radius 1 is 0.684 bits per heavy atom. The van der Waals surface area contributed by atoms with Crippen LogP contribution in [0.2, 0.25) is 0 Å². The molecule has 0 atom stereocenters. The number of sulfonamides is 1. The van der Waals surface area contributed by atoms with Gasteiger partial charge in [-0.2, -0.15) is 8.42 Å². The third kappa shape index (κ3) is 2.98. The van der Waals surface area contributed by atoms with Crippen molar-refractivity contribution < 1.29 is 42.7 Å². The van der Waals surface area contributed by atoms with E-state index in [0.29, 0.717) is 0 Å². The molecule has 108 valence electrons. The Morgan fingerprint density at radius 2 is 1.00 bits per heavy atom. The monoisotopic (exact) mass is 329 g/mol. The van der Waals surface area contributed by atoms with Gasteiger partial charge in [0.25, 0.3) is 10.0 Å². The second kappa shape index (κ2) is 4.64. The molecule has 13 heteroatoms. The fourth-order valence-corrected chi connectivity index (χ4v) is 3.03. The molecule has 0 radical (unpaired) electrons. The summed E-state index contributed by atoms with van der Waals surface area (Å²) in [4.78, 5) is -2.51. The lowest BCUT2D eigenvalue weighted by Gasteiger charge is -2.08. The molecule has 0 spiro atoms. The second-order valence-corrected chi connectivity index (χ2v) is 5.88. The molecule has 0 aromatic heterocycles. The highest BCUT2D eigenvalue weighted by Crippen LogP contribution is 2.26.